The van der Waals surface area contributed by atoms with Crippen molar-refractivity contribution in [3.05, 3.63) is 23.8 Å². The maximum absolute atomic E-state index is 11.7. The Hall–Kier alpha value is -2.24. The first kappa shape index (κ1) is 15.8. The van der Waals surface area contributed by atoms with Gasteiger partial charge < -0.3 is 15.2 Å². The summed E-state index contributed by atoms with van der Waals surface area (Å²) >= 11 is 0. The van der Waals surface area contributed by atoms with Crippen molar-refractivity contribution < 1.29 is 19.1 Å². The number of nitrogens with two attached hydrogens (primary N) is 1. The number of benzene rings is 1. The van der Waals surface area contributed by atoms with Gasteiger partial charge in [-0.1, -0.05) is 0 Å². The van der Waals surface area contributed by atoms with E-state index in [0.29, 0.717) is 16.9 Å². The van der Waals surface area contributed by atoms with Crippen molar-refractivity contribution in [2.24, 2.45) is 0 Å². The van der Waals surface area contributed by atoms with Crippen molar-refractivity contribution in [3.63, 3.8) is 0 Å². The fraction of sp³-hybridized carbons (Fsp3) is 0.429. The van der Waals surface area contributed by atoms with Gasteiger partial charge in [-0.15, -0.1) is 0 Å². The van der Waals surface area contributed by atoms with Crippen LogP contribution in [0.1, 0.15) is 38.1 Å². The number of esters is 1. The summed E-state index contributed by atoms with van der Waals surface area (Å²) in [5, 5.41) is 2.51. The van der Waals surface area contributed by atoms with E-state index in [4.69, 9.17) is 15.2 Å². The lowest BCUT2D eigenvalue weighted by Gasteiger charge is -2.20. The van der Waals surface area contributed by atoms with Crippen LogP contribution in [0.3, 0.4) is 0 Å². The van der Waals surface area contributed by atoms with E-state index in [9.17, 15) is 9.59 Å². The van der Waals surface area contributed by atoms with E-state index in [1.165, 1.54) is 18.2 Å². The van der Waals surface area contributed by atoms with Crippen LogP contribution in [0.4, 0.5) is 16.2 Å². The Morgan fingerprint density at radius 2 is 1.95 bits per heavy atom. The second-order valence-corrected chi connectivity index (χ2v) is 5.15. The first-order chi connectivity index (χ1) is 9.23. The van der Waals surface area contributed by atoms with E-state index in [0.717, 1.165) is 0 Å². The van der Waals surface area contributed by atoms with Crippen molar-refractivity contribution in [1.29, 1.82) is 0 Å². The molecule has 6 nitrogen and oxygen atoms in total. The zero-order chi connectivity index (χ0) is 15.3. The van der Waals surface area contributed by atoms with Crippen molar-refractivity contribution in [2.45, 2.75) is 33.3 Å². The van der Waals surface area contributed by atoms with Crippen LogP contribution in [0.5, 0.6) is 0 Å². The minimum Gasteiger partial charge on any atom is -0.462 e. The average molecular weight is 280 g/mol. The van der Waals surface area contributed by atoms with Crippen LogP contribution in [-0.4, -0.2) is 24.3 Å². The van der Waals surface area contributed by atoms with Crippen LogP contribution in [0.15, 0.2) is 18.2 Å². The predicted octanol–water partition coefficient (Wildman–Crippen LogP) is 2.79. The van der Waals surface area contributed by atoms with Gasteiger partial charge >= 0.3 is 12.1 Å². The molecule has 1 amide bonds. The van der Waals surface area contributed by atoms with E-state index in [1.807, 2.05) is 0 Å². The normalized spacial score (nSPS) is 10.8. The van der Waals surface area contributed by atoms with Crippen molar-refractivity contribution in [3.8, 4) is 0 Å². The minimum absolute atomic E-state index is 0.276. The number of anilines is 2. The quantitative estimate of drug-likeness (QED) is 0.656. The van der Waals surface area contributed by atoms with Gasteiger partial charge in [0.05, 0.1) is 23.5 Å². The molecule has 1 aromatic carbocycles. The molecule has 20 heavy (non-hydrogen) atoms. The predicted molar refractivity (Wildman–Crippen MR) is 76.7 cm³/mol. The molecule has 1 aromatic rings. The third-order valence-electron chi connectivity index (χ3n) is 2.20. The second-order valence-electron chi connectivity index (χ2n) is 5.15. The fourth-order valence-electron chi connectivity index (χ4n) is 1.42. The molecule has 0 fully saturated rings. The SMILES string of the molecule is CCOC(=O)c1ccc(N)c(NC(=O)OC(C)(C)C)c1. The summed E-state index contributed by atoms with van der Waals surface area (Å²) in [4.78, 5) is 23.3. The van der Waals surface area contributed by atoms with Gasteiger partial charge in [-0.05, 0) is 45.9 Å². The number of hydrogen-bond donors (Lipinski definition) is 2. The Balaban J connectivity index is 2.87. The number of nitrogens with one attached hydrogen (secondary N) is 1. The molecule has 6 heteroatoms. The molecule has 0 saturated carbocycles. The van der Waals surface area contributed by atoms with Crippen molar-refractivity contribution in [2.75, 3.05) is 17.7 Å². The van der Waals surface area contributed by atoms with E-state index in [-0.39, 0.29) is 6.61 Å². The first-order valence-corrected chi connectivity index (χ1v) is 6.29. The zero-order valence-electron chi connectivity index (χ0n) is 12.1. The Morgan fingerprint density at radius 3 is 2.50 bits per heavy atom. The van der Waals surface area contributed by atoms with Gasteiger partial charge in [0, 0.05) is 0 Å². The first-order valence-electron chi connectivity index (χ1n) is 6.29. The van der Waals surface area contributed by atoms with Crippen molar-refractivity contribution >= 4 is 23.4 Å². The van der Waals surface area contributed by atoms with Gasteiger partial charge in [-0.2, -0.15) is 0 Å². The molecular formula is C14H20N2O4. The Bertz CT molecular complexity index is 506. The molecule has 0 radical (unpaired) electrons. The van der Waals surface area contributed by atoms with E-state index < -0.39 is 17.7 Å². The second kappa shape index (κ2) is 6.27. The summed E-state index contributed by atoms with van der Waals surface area (Å²) in [6, 6.07) is 4.52. The molecule has 0 saturated heterocycles. The monoisotopic (exact) mass is 280 g/mol. The molecular weight excluding hydrogens is 260 g/mol. The molecule has 0 bridgehead atoms. The highest BCUT2D eigenvalue weighted by atomic mass is 16.6. The van der Waals surface area contributed by atoms with Crippen LogP contribution in [0.2, 0.25) is 0 Å². The fourth-order valence-corrected chi connectivity index (χ4v) is 1.42. The van der Waals surface area contributed by atoms with Gasteiger partial charge in [0.2, 0.25) is 0 Å². The standard InChI is InChI=1S/C14H20N2O4/c1-5-19-12(17)9-6-7-10(15)11(8-9)16-13(18)20-14(2,3)4/h6-8H,5,15H2,1-4H3,(H,16,18). The maximum atomic E-state index is 11.7. The largest absolute Gasteiger partial charge is 0.462 e. The highest BCUT2D eigenvalue weighted by Crippen LogP contribution is 2.21. The lowest BCUT2D eigenvalue weighted by atomic mass is 10.1. The molecule has 0 heterocycles. The van der Waals surface area contributed by atoms with Gasteiger partial charge in [-0.3, -0.25) is 5.32 Å². The van der Waals surface area contributed by atoms with Gasteiger partial charge in [0.25, 0.3) is 0 Å². The summed E-state index contributed by atoms with van der Waals surface area (Å²) in [6.45, 7) is 7.26. The number of ether oxygens (including phenoxy) is 2. The third kappa shape index (κ3) is 4.79. The lowest BCUT2D eigenvalue weighted by molar-refractivity contribution is 0.0525. The van der Waals surface area contributed by atoms with Gasteiger partial charge in [0.15, 0.2) is 0 Å². The molecule has 0 aliphatic heterocycles. The van der Waals surface area contributed by atoms with Crippen molar-refractivity contribution in [1.82, 2.24) is 0 Å². The molecule has 110 valence electrons. The molecule has 1 rings (SSSR count). The van der Waals surface area contributed by atoms with Crippen LogP contribution in [0.25, 0.3) is 0 Å². The van der Waals surface area contributed by atoms with Crippen LogP contribution in [0, 0.1) is 0 Å². The Labute approximate surface area is 118 Å². The van der Waals surface area contributed by atoms with Crippen LogP contribution < -0.4 is 11.1 Å². The molecule has 0 atom stereocenters. The third-order valence-corrected chi connectivity index (χ3v) is 2.20. The topological polar surface area (TPSA) is 90.6 Å². The summed E-state index contributed by atoms with van der Waals surface area (Å²) in [5.41, 5.74) is 6.10. The number of hydrogen-bond acceptors (Lipinski definition) is 5. The molecule has 0 aliphatic carbocycles. The number of rotatable bonds is 3. The number of amides is 1. The maximum Gasteiger partial charge on any atom is 0.412 e. The number of carbonyl (C=O) groups is 2. The van der Waals surface area contributed by atoms with Crippen LogP contribution in [-0.2, 0) is 9.47 Å². The highest BCUT2D eigenvalue weighted by molar-refractivity contribution is 5.95. The Kier molecular flexibility index (Phi) is 4.96. The minimum atomic E-state index is -0.634. The molecule has 0 spiro atoms. The Morgan fingerprint density at radius 1 is 1.30 bits per heavy atom. The molecule has 0 unspecified atom stereocenters. The molecule has 0 aliphatic rings. The number of nitrogen functional groups attached to an aromatic ring is 1. The summed E-state index contributed by atoms with van der Waals surface area (Å²) in [7, 11) is 0. The summed E-state index contributed by atoms with van der Waals surface area (Å²) in [5.74, 6) is -0.472. The summed E-state index contributed by atoms with van der Waals surface area (Å²) in [6.07, 6.45) is -0.634. The van der Waals surface area contributed by atoms with Crippen LogP contribution >= 0.6 is 0 Å². The van der Waals surface area contributed by atoms with E-state index in [2.05, 4.69) is 5.32 Å². The summed E-state index contributed by atoms with van der Waals surface area (Å²) < 4.78 is 10.0. The van der Waals surface area contributed by atoms with Gasteiger partial charge in [-0.25, -0.2) is 9.59 Å². The number of carbonyl (C=O) groups excluding carboxylic acids is 2. The van der Waals surface area contributed by atoms with E-state index in [1.54, 1.807) is 27.7 Å². The lowest BCUT2D eigenvalue weighted by Crippen LogP contribution is -2.27. The van der Waals surface area contributed by atoms with Gasteiger partial charge in [0.1, 0.15) is 5.60 Å². The highest BCUT2D eigenvalue weighted by Gasteiger charge is 2.17. The van der Waals surface area contributed by atoms with E-state index >= 15 is 0 Å². The smallest absolute Gasteiger partial charge is 0.412 e. The average Bonchev–Trinajstić information content (AvgIpc) is 2.29. The molecule has 3 N–H and O–H groups in total. The molecule has 0 aromatic heterocycles. The zero-order valence-corrected chi connectivity index (χ0v) is 12.1.